The van der Waals surface area contributed by atoms with Crippen LogP contribution in [0.1, 0.15) is 35.8 Å². The molecule has 0 saturated carbocycles. The van der Waals surface area contributed by atoms with E-state index in [-0.39, 0.29) is 17.4 Å². The summed E-state index contributed by atoms with van der Waals surface area (Å²) in [4.78, 5) is 31.5. The van der Waals surface area contributed by atoms with Crippen LogP contribution in [0.4, 0.5) is 5.69 Å². The van der Waals surface area contributed by atoms with Crippen LogP contribution in [0.3, 0.4) is 0 Å². The number of amides is 1. The molecule has 1 amide bonds. The third kappa shape index (κ3) is 3.93. The zero-order chi connectivity index (χ0) is 20.7. The number of fused-ring (bicyclic) bond motifs is 4. The maximum absolute atomic E-state index is 13.2. The van der Waals surface area contributed by atoms with E-state index in [9.17, 15) is 9.59 Å². The number of thiophene rings is 1. The molecule has 2 aromatic rings. The van der Waals surface area contributed by atoms with Gasteiger partial charge in [0, 0.05) is 42.2 Å². The Morgan fingerprint density at radius 3 is 2.77 bits per heavy atom. The molecular formula is C23H30N4O2S. The number of nitrogens with one attached hydrogen (secondary N) is 1. The third-order valence-electron chi connectivity index (χ3n) is 6.94. The minimum atomic E-state index is 0.111. The molecule has 160 valence electrons. The van der Waals surface area contributed by atoms with Crippen LogP contribution in [0, 0.1) is 5.92 Å². The summed E-state index contributed by atoms with van der Waals surface area (Å²) >= 11 is 1.64. The first-order valence-electron chi connectivity index (χ1n) is 11.1. The van der Waals surface area contributed by atoms with Crippen molar-refractivity contribution in [2.45, 2.75) is 44.2 Å². The molecule has 5 heterocycles. The van der Waals surface area contributed by atoms with E-state index in [1.54, 1.807) is 11.3 Å². The van der Waals surface area contributed by atoms with Gasteiger partial charge >= 0.3 is 0 Å². The Morgan fingerprint density at radius 1 is 1.17 bits per heavy atom. The number of pyridine rings is 1. The van der Waals surface area contributed by atoms with E-state index in [4.69, 9.17) is 0 Å². The van der Waals surface area contributed by atoms with Gasteiger partial charge in [0.05, 0.1) is 6.42 Å². The van der Waals surface area contributed by atoms with Crippen molar-refractivity contribution >= 4 is 22.9 Å². The zero-order valence-electron chi connectivity index (χ0n) is 17.5. The maximum Gasteiger partial charge on any atom is 0.274 e. The molecule has 2 bridgehead atoms. The van der Waals surface area contributed by atoms with Gasteiger partial charge in [0.1, 0.15) is 5.69 Å². The number of carbonyl (C=O) groups excluding carboxylic acids is 1. The lowest BCUT2D eigenvalue weighted by Gasteiger charge is -2.43. The fourth-order valence-electron chi connectivity index (χ4n) is 5.31. The third-order valence-corrected chi connectivity index (χ3v) is 7.82. The van der Waals surface area contributed by atoms with Gasteiger partial charge in [0.15, 0.2) is 0 Å². The van der Waals surface area contributed by atoms with Gasteiger partial charge in [0.2, 0.25) is 5.91 Å². The molecule has 2 fully saturated rings. The van der Waals surface area contributed by atoms with E-state index in [1.165, 1.54) is 0 Å². The van der Waals surface area contributed by atoms with Gasteiger partial charge in [-0.15, -0.1) is 11.3 Å². The van der Waals surface area contributed by atoms with Gasteiger partial charge in [-0.2, -0.15) is 0 Å². The predicted octanol–water partition coefficient (Wildman–Crippen LogP) is 2.60. The van der Waals surface area contributed by atoms with Gasteiger partial charge in [-0.1, -0.05) is 6.07 Å². The molecule has 3 aliphatic heterocycles. The van der Waals surface area contributed by atoms with Crippen LogP contribution in [-0.4, -0.2) is 59.5 Å². The van der Waals surface area contributed by atoms with E-state index in [0.29, 0.717) is 18.4 Å². The van der Waals surface area contributed by atoms with Crippen LogP contribution in [-0.2, 0) is 17.8 Å². The van der Waals surface area contributed by atoms with Crippen molar-refractivity contribution in [3.8, 4) is 0 Å². The molecule has 0 radical (unpaired) electrons. The lowest BCUT2D eigenvalue weighted by atomic mass is 9.83. The normalized spacial score (nSPS) is 24.5. The highest BCUT2D eigenvalue weighted by Gasteiger charge is 2.36. The first kappa shape index (κ1) is 19.8. The fourth-order valence-corrected chi connectivity index (χ4v) is 6.00. The Kier molecular flexibility index (Phi) is 5.41. The summed E-state index contributed by atoms with van der Waals surface area (Å²) < 4.78 is 1.98. The molecule has 1 N–H and O–H groups in total. The molecule has 0 spiro atoms. The summed E-state index contributed by atoms with van der Waals surface area (Å²) in [6, 6.07) is 8.49. The van der Waals surface area contributed by atoms with Crippen molar-refractivity contribution in [3.05, 3.63) is 50.6 Å². The van der Waals surface area contributed by atoms with E-state index in [0.717, 1.165) is 68.2 Å². The Bertz CT molecular complexity index is 962. The topological polar surface area (TPSA) is 57.6 Å². The van der Waals surface area contributed by atoms with Crippen molar-refractivity contribution < 1.29 is 4.79 Å². The Labute approximate surface area is 181 Å². The molecule has 2 aromatic heterocycles. The second-order valence-electron chi connectivity index (χ2n) is 9.16. The lowest BCUT2D eigenvalue weighted by molar-refractivity contribution is -0.133. The van der Waals surface area contributed by atoms with Crippen molar-refractivity contribution in [2.24, 2.45) is 5.92 Å². The highest BCUT2D eigenvalue weighted by Crippen LogP contribution is 2.36. The monoisotopic (exact) mass is 426 g/mol. The molecule has 2 atom stereocenters. The highest BCUT2D eigenvalue weighted by atomic mass is 32.1. The van der Waals surface area contributed by atoms with E-state index >= 15 is 0 Å². The van der Waals surface area contributed by atoms with Crippen LogP contribution < -0.4 is 10.9 Å². The van der Waals surface area contributed by atoms with Gasteiger partial charge < -0.3 is 19.7 Å². The fraction of sp³-hybridized carbons (Fsp3) is 0.565. The van der Waals surface area contributed by atoms with Crippen LogP contribution >= 0.6 is 11.3 Å². The number of nitrogens with zero attached hydrogens (tertiary/aromatic N) is 3. The summed E-state index contributed by atoms with van der Waals surface area (Å²) in [5.41, 5.74) is 1.94. The minimum absolute atomic E-state index is 0.111. The van der Waals surface area contributed by atoms with Crippen molar-refractivity contribution in [3.63, 3.8) is 0 Å². The van der Waals surface area contributed by atoms with E-state index in [1.807, 2.05) is 33.0 Å². The molecule has 0 unspecified atom stereocenters. The highest BCUT2D eigenvalue weighted by molar-refractivity contribution is 7.10. The Balaban J connectivity index is 1.31. The maximum atomic E-state index is 13.2. The van der Waals surface area contributed by atoms with Crippen LogP contribution in [0.25, 0.3) is 0 Å². The lowest BCUT2D eigenvalue weighted by Crippen LogP contribution is -2.49. The number of anilines is 1. The number of piperidine rings is 2. The van der Waals surface area contributed by atoms with Gasteiger partial charge in [0.25, 0.3) is 5.56 Å². The average molecular weight is 427 g/mol. The molecule has 6 nitrogen and oxygen atoms in total. The zero-order valence-corrected chi connectivity index (χ0v) is 18.4. The quantitative estimate of drug-likeness (QED) is 0.817. The second kappa shape index (κ2) is 8.19. The summed E-state index contributed by atoms with van der Waals surface area (Å²) in [6.07, 6.45) is 3.71. The van der Waals surface area contributed by atoms with E-state index < -0.39 is 0 Å². The first-order valence-corrected chi connectivity index (χ1v) is 11.9. The summed E-state index contributed by atoms with van der Waals surface area (Å²) in [6.45, 7) is 4.35. The second-order valence-corrected chi connectivity index (χ2v) is 10.2. The SMILES string of the molecule is CN1CCC(Nc2ccc3n(c2=O)C[C@H]2C[C@@H]3CN(C(=O)Cc3cccs3)C2)CC1. The number of hydrogen-bond acceptors (Lipinski definition) is 5. The van der Waals surface area contributed by atoms with Crippen LogP contribution in [0.5, 0.6) is 0 Å². The molecule has 0 aromatic carbocycles. The Morgan fingerprint density at radius 2 is 2.00 bits per heavy atom. The molecule has 7 heteroatoms. The van der Waals surface area contributed by atoms with Crippen molar-refractivity contribution in [1.82, 2.24) is 14.4 Å². The molecule has 0 aliphatic carbocycles. The predicted molar refractivity (Wildman–Crippen MR) is 120 cm³/mol. The standard InChI is InChI=1S/C23H30N4O2S/c1-25-8-6-18(7-9-25)24-20-4-5-21-17-11-16(14-27(21)23(20)29)13-26(15-17)22(28)12-19-3-2-10-30-19/h2-5,10,16-18,24H,6-9,11-15H2,1H3/t16-,17+/m0/s1. The van der Waals surface area contributed by atoms with Crippen LogP contribution in [0.15, 0.2) is 34.4 Å². The van der Waals surface area contributed by atoms with Gasteiger partial charge in [-0.3, -0.25) is 9.59 Å². The summed E-state index contributed by atoms with van der Waals surface area (Å²) in [5.74, 6) is 0.832. The number of hydrogen-bond donors (Lipinski definition) is 1. The number of rotatable bonds is 4. The minimum Gasteiger partial charge on any atom is -0.378 e. The number of carbonyl (C=O) groups is 1. The Hall–Kier alpha value is -2.12. The number of aromatic nitrogens is 1. The summed E-state index contributed by atoms with van der Waals surface area (Å²) in [7, 11) is 2.15. The van der Waals surface area contributed by atoms with Crippen LogP contribution in [0.2, 0.25) is 0 Å². The molecule has 2 saturated heterocycles. The van der Waals surface area contributed by atoms with Gasteiger partial charge in [-0.05, 0) is 68.9 Å². The van der Waals surface area contributed by atoms with E-state index in [2.05, 4.69) is 23.3 Å². The largest absolute Gasteiger partial charge is 0.378 e. The molecule has 30 heavy (non-hydrogen) atoms. The molecule has 5 rings (SSSR count). The smallest absolute Gasteiger partial charge is 0.274 e. The first-order chi connectivity index (χ1) is 14.6. The molecular weight excluding hydrogens is 396 g/mol. The number of likely N-dealkylation sites (tertiary alicyclic amines) is 2. The molecule has 3 aliphatic rings. The van der Waals surface area contributed by atoms with Crippen molar-refractivity contribution in [2.75, 3.05) is 38.5 Å². The average Bonchev–Trinajstić information content (AvgIpc) is 3.25. The van der Waals surface area contributed by atoms with Gasteiger partial charge in [-0.25, -0.2) is 0 Å². The van der Waals surface area contributed by atoms with Crippen molar-refractivity contribution in [1.29, 1.82) is 0 Å². The summed E-state index contributed by atoms with van der Waals surface area (Å²) in [5, 5.41) is 5.54.